The third-order valence-corrected chi connectivity index (χ3v) is 6.97. The highest BCUT2D eigenvalue weighted by Gasteiger charge is 2.28. The van der Waals surface area contributed by atoms with Gasteiger partial charge in [0.15, 0.2) is 5.76 Å². The van der Waals surface area contributed by atoms with Crippen LogP contribution in [0.25, 0.3) is 38.9 Å². The predicted octanol–water partition coefficient (Wildman–Crippen LogP) is 5.10. The number of carbonyl (C=O) groups excluding carboxylic acids is 2. The van der Waals surface area contributed by atoms with Crippen molar-refractivity contribution in [3.63, 3.8) is 0 Å². The fraction of sp³-hybridized carbons (Fsp3) is 0.167. The molecule has 1 fully saturated rings. The van der Waals surface area contributed by atoms with E-state index in [9.17, 15) is 9.59 Å². The molecule has 3 aromatic heterocycles. The van der Waals surface area contributed by atoms with E-state index >= 15 is 0 Å². The summed E-state index contributed by atoms with van der Waals surface area (Å²) in [5.41, 5.74) is 4.19. The lowest BCUT2D eigenvalue weighted by molar-refractivity contribution is -0.134. The molecule has 4 heterocycles. The number of rotatable bonds is 4. The van der Waals surface area contributed by atoms with Gasteiger partial charge in [-0.1, -0.05) is 55.2 Å². The van der Waals surface area contributed by atoms with Gasteiger partial charge in [-0.25, -0.2) is 0 Å². The Kier molecular flexibility index (Phi) is 5.81. The molecule has 2 aliphatic rings. The van der Waals surface area contributed by atoms with Crippen molar-refractivity contribution in [3.05, 3.63) is 96.9 Å². The van der Waals surface area contributed by atoms with E-state index in [4.69, 9.17) is 4.42 Å². The fourth-order valence-electron chi connectivity index (χ4n) is 4.95. The summed E-state index contributed by atoms with van der Waals surface area (Å²) in [5.74, 6) is 0.562. The Balaban J connectivity index is 1.19. The van der Waals surface area contributed by atoms with Gasteiger partial charge in [-0.2, -0.15) is 0 Å². The summed E-state index contributed by atoms with van der Waals surface area (Å²) in [5, 5.41) is 1.86. The van der Waals surface area contributed by atoms with Gasteiger partial charge < -0.3 is 19.2 Å². The van der Waals surface area contributed by atoms with Crippen LogP contribution < -0.4 is 0 Å². The second-order valence-electron chi connectivity index (χ2n) is 9.20. The molecular weight excluding hydrogens is 464 g/mol. The number of pyridine rings is 1. The molecule has 1 aliphatic heterocycles. The number of carbonyl (C=O) groups is 2. The van der Waals surface area contributed by atoms with E-state index < -0.39 is 0 Å². The van der Waals surface area contributed by atoms with Crippen molar-refractivity contribution < 1.29 is 14.0 Å². The molecule has 1 saturated heterocycles. The molecule has 1 aliphatic carbocycles. The van der Waals surface area contributed by atoms with E-state index in [1.807, 2.05) is 71.7 Å². The Labute approximate surface area is 214 Å². The zero-order valence-corrected chi connectivity index (χ0v) is 20.3. The fourth-order valence-corrected chi connectivity index (χ4v) is 4.95. The highest BCUT2D eigenvalue weighted by atomic mass is 16.3. The molecule has 7 heteroatoms. The van der Waals surface area contributed by atoms with Gasteiger partial charge in [-0.05, 0) is 24.6 Å². The van der Waals surface area contributed by atoms with E-state index in [0.29, 0.717) is 49.6 Å². The minimum Gasteiger partial charge on any atom is -0.454 e. The van der Waals surface area contributed by atoms with Gasteiger partial charge in [0.2, 0.25) is 5.91 Å². The molecule has 0 atom stereocenters. The van der Waals surface area contributed by atoms with E-state index in [0.717, 1.165) is 33.0 Å². The molecule has 0 radical (unpaired) electrons. The first-order chi connectivity index (χ1) is 18.1. The Bertz CT molecular complexity index is 1590. The maximum absolute atomic E-state index is 13.4. The van der Waals surface area contributed by atoms with Crippen LogP contribution in [0.5, 0.6) is 0 Å². The number of allylic oxidation sites excluding steroid dienone is 5. The average Bonchev–Trinajstić information content (AvgIpc) is 3.47. The number of hydrogen-bond acceptors (Lipinski definition) is 4. The van der Waals surface area contributed by atoms with Crippen LogP contribution in [-0.2, 0) is 9.59 Å². The smallest absolute Gasteiger partial charge is 0.254 e. The molecule has 184 valence electrons. The summed E-state index contributed by atoms with van der Waals surface area (Å²) >= 11 is 0. The highest BCUT2D eigenvalue weighted by molar-refractivity contribution is 6.22. The summed E-state index contributed by atoms with van der Waals surface area (Å²) in [6, 6.07) is 11.7. The monoisotopic (exact) mass is 490 g/mol. The van der Waals surface area contributed by atoms with Crippen molar-refractivity contribution in [1.82, 2.24) is 19.8 Å². The van der Waals surface area contributed by atoms with Crippen LogP contribution in [0.1, 0.15) is 12.0 Å². The summed E-state index contributed by atoms with van der Waals surface area (Å²) < 4.78 is 6.03. The molecule has 0 spiro atoms. The van der Waals surface area contributed by atoms with Crippen LogP contribution in [0, 0.1) is 0 Å². The van der Waals surface area contributed by atoms with Gasteiger partial charge in [0.1, 0.15) is 11.3 Å². The molecule has 0 saturated carbocycles. The van der Waals surface area contributed by atoms with Gasteiger partial charge in [-0.15, -0.1) is 0 Å². The van der Waals surface area contributed by atoms with Crippen LogP contribution in [0.4, 0.5) is 0 Å². The summed E-state index contributed by atoms with van der Waals surface area (Å²) in [6.07, 6.45) is 13.7. The number of furan rings is 1. The van der Waals surface area contributed by atoms with Gasteiger partial charge in [0.25, 0.3) is 5.91 Å². The number of amides is 2. The number of benzene rings is 1. The lowest BCUT2D eigenvalue weighted by Crippen LogP contribution is -2.51. The van der Waals surface area contributed by atoms with Gasteiger partial charge in [0.05, 0.1) is 5.52 Å². The Hall–Kier alpha value is -4.65. The quantitative estimate of drug-likeness (QED) is 0.404. The number of hydrogen-bond donors (Lipinski definition) is 1. The van der Waals surface area contributed by atoms with Gasteiger partial charge >= 0.3 is 0 Å². The molecule has 7 nitrogen and oxygen atoms in total. The number of fused-ring (bicyclic) bond motifs is 2. The lowest BCUT2D eigenvalue weighted by atomic mass is 10.0. The molecule has 4 aromatic rings. The van der Waals surface area contributed by atoms with E-state index in [-0.39, 0.29) is 11.8 Å². The molecule has 1 N–H and O–H groups in total. The van der Waals surface area contributed by atoms with Crippen molar-refractivity contribution in [2.75, 3.05) is 26.2 Å². The van der Waals surface area contributed by atoms with Crippen molar-refractivity contribution in [1.29, 1.82) is 0 Å². The van der Waals surface area contributed by atoms with Crippen molar-refractivity contribution in [3.8, 4) is 11.5 Å². The maximum atomic E-state index is 13.4. The first-order valence-corrected chi connectivity index (χ1v) is 12.4. The van der Waals surface area contributed by atoms with E-state index in [2.05, 4.69) is 16.5 Å². The summed E-state index contributed by atoms with van der Waals surface area (Å²) in [6.45, 7) is 6.07. The Morgan fingerprint density at radius 2 is 1.81 bits per heavy atom. The van der Waals surface area contributed by atoms with Crippen molar-refractivity contribution >= 4 is 39.3 Å². The average molecular weight is 491 g/mol. The number of piperazine rings is 1. The van der Waals surface area contributed by atoms with Crippen LogP contribution >= 0.6 is 0 Å². The number of aromatic nitrogens is 2. The minimum atomic E-state index is -0.130. The van der Waals surface area contributed by atoms with Gasteiger partial charge in [0, 0.05) is 66.1 Å². The van der Waals surface area contributed by atoms with Crippen LogP contribution in [0.3, 0.4) is 0 Å². The summed E-state index contributed by atoms with van der Waals surface area (Å²) in [7, 11) is 0. The topological polar surface area (TPSA) is 82.4 Å². The van der Waals surface area contributed by atoms with Crippen LogP contribution in [-0.4, -0.2) is 57.8 Å². The predicted molar refractivity (Wildman–Crippen MR) is 144 cm³/mol. The molecular formula is C30H26N4O3. The highest BCUT2D eigenvalue weighted by Crippen LogP contribution is 2.34. The molecule has 1 aromatic carbocycles. The van der Waals surface area contributed by atoms with E-state index in [1.165, 1.54) is 0 Å². The van der Waals surface area contributed by atoms with Crippen molar-refractivity contribution in [2.45, 2.75) is 6.42 Å². The molecule has 2 amide bonds. The first-order valence-electron chi connectivity index (χ1n) is 12.4. The lowest BCUT2D eigenvalue weighted by Gasteiger charge is -2.35. The van der Waals surface area contributed by atoms with Crippen molar-refractivity contribution in [2.24, 2.45) is 0 Å². The third-order valence-electron chi connectivity index (χ3n) is 6.97. The Morgan fingerprint density at radius 3 is 2.65 bits per heavy atom. The number of nitrogens with one attached hydrogen (secondary N) is 1. The summed E-state index contributed by atoms with van der Waals surface area (Å²) in [4.78, 5) is 37.7. The standard InChI is InChI=1S/C30H26N4O3/c1-20(29(35)33-14-16-34(17-15-33)30(36)21-8-4-2-3-5-9-21)24-19-32-27-23(24)12-13-31-28(27)26-18-22-10-6-7-11-25(22)37-26/h2-8,10-13,18-19,32H,1,9,14-17H2. The molecule has 0 bridgehead atoms. The molecule has 6 rings (SSSR count). The normalized spacial score (nSPS) is 15.7. The largest absolute Gasteiger partial charge is 0.454 e. The maximum Gasteiger partial charge on any atom is 0.254 e. The van der Waals surface area contributed by atoms with Crippen LogP contribution in [0.2, 0.25) is 0 Å². The minimum absolute atomic E-state index is 0.0318. The van der Waals surface area contributed by atoms with E-state index in [1.54, 1.807) is 17.3 Å². The SMILES string of the molecule is C=C(C(=O)N1CCN(C(=O)C2=CC=CC=CC2)CC1)c1c[nH]c2c(-c3cc4ccccc4o3)nccc12. The second-order valence-corrected chi connectivity index (χ2v) is 9.20. The number of H-pyrrole nitrogens is 1. The molecule has 37 heavy (non-hydrogen) atoms. The zero-order valence-electron chi connectivity index (χ0n) is 20.3. The number of aromatic amines is 1. The number of para-hydroxylation sites is 1. The first kappa shape index (κ1) is 22.8. The third kappa shape index (κ3) is 4.18. The zero-order chi connectivity index (χ0) is 25.4. The van der Waals surface area contributed by atoms with Crippen LogP contribution in [0.15, 0.2) is 95.7 Å². The number of nitrogens with zero attached hydrogens (tertiary/aromatic N) is 3. The molecule has 0 unspecified atom stereocenters. The van der Waals surface area contributed by atoms with Gasteiger partial charge in [-0.3, -0.25) is 14.6 Å². The Morgan fingerprint density at radius 1 is 1.00 bits per heavy atom. The second kappa shape index (κ2) is 9.43.